The fraction of sp³-hybridized carbons (Fsp3) is 0.481. The highest BCUT2D eigenvalue weighted by Gasteiger charge is 2.34. The quantitative estimate of drug-likeness (QED) is 0.405. The first-order valence-corrected chi connectivity index (χ1v) is 10.9. The van der Waals surface area contributed by atoms with Crippen molar-refractivity contribution in [2.24, 2.45) is 0 Å². The zero-order chi connectivity index (χ0) is 21.9. The minimum Gasteiger partial charge on any atom is -0.0919 e. The van der Waals surface area contributed by atoms with Crippen molar-refractivity contribution in [1.82, 2.24) is 0 Å². The van der Waals surface area contributed by atoms with Gasteiger partial charge in [0.1, 0.15) is 0 Å². The molecule has 0 spiro atoms. The first-order valence-electron chi connectivity index (χ1n) is 10.9. The average molecular weight is 371 g/mol. The Balaban J connectivity index is -0.000000410. The third kappa shape index (κ3) is 8.61. The van der Waals surface area contributed by atoms with Crippen molar-refractivity contribution in [3.05, 3.63) is 71.8 Å². The standard InChI is InChI=1S/C15H14.C4H8.4C2H6/c1-15(2)13-9-5-3-7-11(13)12-8-4-6-10-14(12)15;1-3-4-2;4*1-2/h3-10H,1-2H3;3-4H,1-2H3;4*1-2H3/b;4-3-;;;;. The second-order valence-electron chi connectivity index (χ2n) is 5.38. The zero-order valence-corrected chi connectivity index (χ0v) is 20.3. The van der Waals surface area contributed by atoms with Crippen LogP contribution in [-0.2, 0) is 5.41 Å². The Bertz CT molecular complexity index is 537. The van der Waals surface area contributed by atoms with E-state index in [1.54, 1.807) is 0 Å². The van der Waals surface area contributed by atoms with Crippen LogP contribution < -0.4 is 0 Å². The van der Waals surface area contributed by atoms with Crippen LogP contribution in [0.25, 0.3) is 11.1 Å². The predicted octanol–water partition coefficient (Wildman–Crippen LogP) is 9.68. The van der Waals surface area contributed by atoms with Crippen LogP contribution in [0.4, 0.5) is 0 Å². The van der Waals surface area contributed by atoms with Gasteiger partial charge in [-0.3, -0.25) is 0 Å². The zero-order valence-electron chi connectivity index (χ0n) is 20.3. The van der Waals surface area contributed by atoms with E-state index in [9.17, 15) is 0 Å². The van der Waals surface area contributed by atoms with Crippen molar-refractivity contribution in [3.63, 3.8) is 0 Å². The Hall–Kier alpha value is -1.82. The molecule has 1 aliphatic rings. The fourth-order valence-corrected chi connectivity index (χ4v) is 2.67. The minimum atomic E-state index is 0.160. The van der Waals surface area contributed by atoms with Gasteiger partial charge in [-0.25, -0.2) is 0 Å². The molecule has 1 aliphatic carbocycles. The van der Waals surface area contributed by atoms with E-state index in [1.165, 1.54) is 22.3 Å². The van der Waals surface area contributed by atoms with E-state index in [0.29, 0.717) is 0 Å². The van der Waals surface area contributed by atoms with E-state index in [2.05, 4.69) is 62.4 Å². The molecule has 0 amide bonds. The van der Waals surface area contributed by atoms with E-state index in [-0.39, 0.29) is 5.41 Å². The van der Waals surface area contributed by atoms with Gasteiger partial charge in [0.25, 0.3) is 0 Å². The van der Waals surface area contributed by atoms with E-state index in [1.807, 2.05) is 81.4 Å². The molecule has 0 heteroatoms. The minimum absolute atomic E-state index is 0.160. The van der Waals surface area contributed by atoms with Crippen molar-refractivity contribution in [1.29, 1.82) is 0 Å². The summed E-state index contributed by atoms with van der Waals surface area (Å²) in [4.78, 5) is 0. The predicted molar refractivity (Wildman–Crippen MR) is 130 cm³/mol. The Morgan fingerprint density at radius 3 is 1.04 bits per heavy atom. The van der Waals surface area contributed by atoms with Gasteiger partial charge in [-0.2, -0.15) is 0 Å². The van der Waals surface area contributed by atoms with Crippen LogP contribution in [0.1, 0.15) is 94.2 Å². The lowest BCUT2D eigenvalue weighted by atomic mass is 9.82. The van der Waals surface area contributed by atoms with E-state index >= 15 is 0 Å². The van der Waals surface area contributed by atoms with Crippen LogP contribution in [0.2, 0.25) is 0 Å². The highest BCUT2D eigenvalue weighted by atomic mass is 14.4. The van der Waals surface area contributed by atoms with Crippen molar-refractivity contribution >= 4 is 0 Å². The lowest BCUT2D eigenvalue weighted by Crippen LogP contribution is -2.14. The van der Waals surface area contributed by atoms with Crippen LogP contribution in [0.15, 0.2) is 60.7 Å². The molecule has 2 aromatic rings. The van der Waals surface area contributed by atoms with Crippen molar-refractivity contribution in [2.75, 3.05) is 0 Å². The molecule has 0 aliphatic heterocycles. The number of allylic oxidation sites excluding steroid dienone is 2. The summed E-state index contributed by atoms with van der Waals surface area (Å²) in [5.41, 5.74) is 5.86. The van der Waals surface area contributed by atoms with Gasteiger partial charge in [-0.05, 0) is 36.1 Å². The molecule has 0 unspecified atom stereocenters. The topological polar surface area (TPSA) is 0 Å². The van der Waals surface area contributed by atoms with Gasteiger partial charge in [0.05, 0.1) is 0 Å². The molecule has 0 radical (unpaired) electrons. The molecule has 27 heavy (non-hydrogen) atoms. The van der Waals surface area contributed by atoms with Crippen molar-refractivity contribution < 1.29 is 0 Å². The average Bonchev–Trinajstić information content (AvgIpc) is 3.02. The second-order valence-corrected chi connectivity index (χ2v) is 5.38. The number of rotatable bonds is 0. The summed E-state index contributed by atoms with van der Waals surface area (Å²) in [7, 11) is 0. The normalized spacial score (nSPS) is 11.1. The maximum absolute atomic E-state index is 2.30. The molecule has 154 valence electrons. The molecule has 0 nitrogen and oxygen atoms in total. The number of benzene rings is 2. The maximum Gasteiger partial charge on any atom is 0.0158 e. The Kier molecular flexibility index (Phi) is 21.0. The first-order chi connectivity index (χ1) is 13.1. The molecular weight excluding hydrogens is 324 g/mol. The molecule has 0 heterocycles. The molecule has 0 saturated carbocycles. The van der Waals surface area contributed by atoms with E-state index < -0.39 is 0 Å². The summed E-state index contributed by atoms with van der Waals surface area (Å²) < 4.78 is 0. The van der Waals surface area contributed by atoms with Gasteiger partial charge in [-0.1, -0.05) is 130 Å². The molecular formula is C27H46. The maximum atomic E-state index is 2.30. The largest absolute Gasteiger partial charge is 0.0919 e. The smallest absolute Gasteiger partial charge is 0.0158 e. The molecule has 2 aromatic carbocycles. The Morgan fingerprint density at radius 2 is 0.778 bits per heavy atom. The lowest BCUT2D eigenvalue weighted by Gasteiger charge is -2.20. The molecule has 0 aromatic heterocycles. The lowest BCUT2D eigenvalue weighted by molar-refractivity contribution is 0.660. The Morgan fingerprint density at radius 1 is 0.519 bits per heavy atom. The Labute approximate surface area is 171 Å². The van der Waals surface area contributed by atoms with Gasteiger partial charge in [0.2, 0.25) is 0 Å². The third-order valence-electron chi connectivity index (χ3n) is 3.82. The van der Waals surface area contributed by atoms with Gasteiger partial charge in [0, 0.05) is 5.41 Å². The third-order valence-corrected chi connectivity index (χ3v) is 3.82. The summed E-state index contributed by atoms with van der Waals surface area (Å²) in [6.07, 6.45) is 4.00. The highest BCUT2D eigenvalue weighted by Crippen LogP contribution is 2.47. The molecule has 0 N–H and O–H groups in total. The van der Waals surface area contributed by atoms with Crippen LogP contribution in [-0.4, -0.2) is 0 Å². The monoisotopic (exact) mass is 370 g/mol. The molecule has 0 fully saturated rings. The van der Waals surface area contributed by atoms with Crippen molar-refractivity contribution in [3.8, 4) is 11.1 Å². The first kappa shape index (κ1) is 29.9. The van der Waals surface area contributed by atoms with Gasteiger partial charge >= 0.3 is 0 Å². The van der Waals surface area contributed by atoms with E-state index in [4.69, 9.17) is 0 Å². The highest BCUT2D eigenvalue weighted by molar-refractivity contribution is 5.80. The van der Waals surface area contributed by atoms with Gasteiger partial charge < -0.3 is 0 Å². The van der Waals surface area contributed by atoms with E-state index in [0.717, 1.165) is 0 Å². The fourth-order valence-electron chi connectivity index (χ4n) is 2.67. The molecule has 0 atom stereocenters. The summed E-state index contributed by atoms with van der Waals surface area (Å²) in [6.45, 7) is 24.6. The van der Waals surface area contributed by atoms with Crippen LogP contribution >= 0.6 is 0 Å². The molecule has 0 bridgehead atoms. The summed E-state index contributed by atoms with van der Waals surface area (Å²) in [5, 5.41) is 0. The van der Waals surface area contributed by atoms with Crippen LogP contribution in [0.3, 0.4) is 0 Å². The van der Waals surface area contributed by atoms with Crippen molar-refractivity contribution in [2.45, 2.75) is 88.5 Å². The number of fused-ring (bicyclic) bond motifs is 3. The second kappa shape index (κ2) is 19.0. The summed E-state index contributed by atoms with van der Waals surface area (Å²) in [6, 6.07) is 17.4. The number of hydrogen-bond donors (Lipinski definition) is 0. The number of hydrogen-bond acceptors (Lipinski definition) is 0. The summed E-state index contributed by atoms with van der Waals surface area (Å²) >= 11 is 0. The summed E-state index contributed by atoms with van der Waals surface area (Å²) in [5.74, 6) is 0. The van der Waals surface area contributed by atoms with Crippen LogP contribution in [0, 0.1) is 0 Å². The van der Waals surface area contributed by atoms with Crippen LogP contribution in [0.5, 0.6) is 0 Å². The molecule has 0 saturated heterocycles. The van der Waals surface area contributed by atoms with Gasteiger partial charge in [-0.15, -0.1) is 0 Å². The SMILES string of the molecule is C/C=C\C.CC.CC.CC.CC.CC1(C)c2ccccc2-c2ccccc21. The molecule has 3 rings (SSSR count). The van der Waals surface area contributed by atoms with Gasteiger partial charge in [0.15, 0.2) is 0 Å².